The van der Waals surface area contributed by atoms with Crippen LogP contribution in [-0.4, -0.2) is 41.9 Å². The van der Waals surface area contributed by atoms with Crippen LogP contribution in [-0.2, 0) is 11.2 Å². The average molecular weight is 374 g/mol. The third kappa shape index (κ3) is 2.81. The maximum absolute atomic E-state index is 15.1. The van der Waals surface area contributed by atoms with Crippen LogP contribution < -0.4 is 10.3 Å². The third-order valence-corrected chi connectivity index (χ3v) is 5.81. The van der Waals surface area contributed by atoms with E-state index in [4.69, 9.17) is 4.74 Å². The van der Waals surface area contributed by atoms with E-state index in [9.17, 15) is 14.7 Å². The average Bonchev–Trinajstić information content (AvgIpc) is 2.66. The molecule has 1 saturated heterocycles. The van der Waals surface area contributed by atoms with E-state index in [1.807, 2.05) is 16.4 Å². The number of aliphatic hydroxyl groups excluding tert-OH is 1. The summed E-state index contributed by atoms with van der Waals surface area (Å²) in [5.74, 6) is -1.16. The summed E-state index contributed by atoms with van der Waals surface area (Å²) in [7, 11) is 1.23. The first-order chi connectivity index (χ1) is 12.9. The molecule has 2 aromatic rings. The fraction of sp³-hybridized carbons (Fsp3) is 0.500. The molecule has 0 aliphatic carbocycles. The molecule has 2 aliphatic heterocycles. The van der Waals surface area contributed by atoms with E-state index in [0.29, 0.717) is 43.6 Å². The van der Waals surface area contributed by atoms with Gasteiger partial charge in [0.15, 0.2) is 0 Å². The normalized spacial score (nSPS) is 20.1. The van der Waals surface area contributed by atoms with Crippen molar-refractivity contribution >= 4 is 22.6 Å². The van der Waals surface area contributed by atoms with Crippen LogP contribution in [0.15, 0.2) is 17.1 Å². The molecular weight excluding hydrogens is 351 g/mol. The van der Waals surface area contributed by atoms with Gasteiger partial charge in [-0.05, 0) is 38.7 Å². The van der Waals surface area contributed by atoms with Crippen LogP contribution >= 0.6 is 0 Å². The smallest absolute Gasteiger partial charge is 0.343 e. The van der Waals surface area contributed by atoms with Crippen molar-refractivity contribution in [1.29, 1.82) is 0 Å². The number of carbonyl (C=O) groups excluding carboxylic acids is 1. The third-order valence-electron chi connectivity index (χ3n) is 5.81. The van der Waals surface area contributed by atoms with Crippen molar-refractivity contribution in [3.63, 3.8) is 0 Å². The van der Waals surface area contributed by atoms with Crippen molar-refractivity contribution in [2.24, 2.45) is 0 Å². The molecule has 1 aromatic heterocycles. The fourth-order valence-electron chi connectivity index (χ4n) is 4.32. The Labute approximate surface area is 156 Å². The number of aromatic nitrogens is 1. The first-order valence-corrected chi connectivity index (χ1v) is 9.34. The molecule has 1 fully saturated rings. The quantitative estimate of drug-likeness (QED) is 0.818. The minimum atomic E-state index is -0.709. The lowest BCUT2D eigenvalue weighted by molar-refractivity contribution is 0.0598. The van der Waals surface area contributed by atoms with Crippen molar-refractivity contribution in [3.8, 4) is 0 Å². The number of esters is 1. The molecule has 0 spiro atoms. The van der Waals surface area contributed by atoms with Gasteiger partial charge < -0.3 is 19.3 Å². The van der Waals surface area contributed by atoms with Gasteiger partial charge in [0.2, 0.25) is 5.43 Å². The molecule has 6 nitrogen and oxygen atoms in total. The molecule has 1 N–H and O–H groups in total. The van der Waals surface area contributed by atoms with Crippen molar-refractivity contribution in [2.75, 3.05) is 25.1 Å². The number of benzene rings is 1. The van der Waals surface area contributed by atoms with E-state index in [1.54, 1.807) is 6.20 Å². The number of halogens is 1. The lowest BCUT2D eigenvalue weighted by Gasteiger charge is -2.36. The summed E-state index contributed by atoms with van der Waals surface area (Å²) in [6.45, 7) is 3.18. The Morgan fingerprint density at radius 2 is 2.00 bits per heavy atom. The second-order valence-electron chi connectivity index (χ2n) is 7.46. The van der Waals surface area contributed by atoms with Gasteiger partial charge in [0.05, 0.1) is 24.4 Å². The number of carbonyl (C=O) groups is 1. The SMILES string of the molecule is COC(=O)c1cn2c3c(c(N4CCC(O)CC4)c(F)cc3c1=O)CC[C@H]2C. The molecule has 0 unspecified atom stereocenters. The Balaban J connectivity index is 1.99. The molecule has 0 radical (unpaired) electrons. The fourth-order valence-corrected chi connectivity index (χ4v) is 4.32. The maximum atomic E-state index is 15.1. The number of methoxy groups -OCH3 is 1. The molecule has 4 rings (SSSR count). The molecule has 27 heavy (non-hydrogen) atoms. The van der Waals surface area contributed by atoms with Crippen molar-refractivity contribution in [1.82, 2.24) is 4.57 Å². The zero-order chi connectivity index (χ0) is 19.3. The number of anilines is 1. The molecule has 144 valence electrons. The Kier molecular flexibility index (Phi) is 4.42. The van der Waals surface area contributed by atoms with Gasteiger partial charge in [-0.3, -0.25) is 4.79 Å². The largest absolute Gasteiger partial charge is 0.465 e. The maximum Gasteiger partial charge on any atom is 0.343 e. The molecule has 2 aliphatic rings. The summed E-state index contributed by atoms with van der Waals surface area (Å²) in [4.78, 5) is 26.8. The summed E-state index contributed by atoms with van der Waals surface area (Å²) >= 11 is 0. The number of aliphatic hydroxyl groups is 1. The highest BCUT2D eigenvalue weighted by Gasteiger charge is 2.30. The minimum absolute atomic E-state index is 0.0713. The molecule has 7 heteroatoms. The number of piperidine rings is 1. The number of ether oxygens (including phenoxy) is 1. The van der Waals surface area contributed by atoms with E-state index < -0.39 is 17.2 Å². The van der Waals surface area contributed by atoms with Crippen LogP contribution in [0.25, 0.3) is 10.9 Å². The molecular formula is C20H23FN2O4. The van der Waals surface area contributed by atoms with Gasteiger partial charge in [0, 0.05) is 36.3 Å². The van der Waals surface area contributed by atoms with Crippen molar-refractivity contribution in [3.05, 3.63) is 39.4 Å². The Morgan fingerprint density at radius 1 is 1.30 bits per heavy atom. The molecule has 1 aromatic carbocycles. The van der Waals surface area contributed by atoms with E-state index in [-0.39, 0.29) is 23.1 Å². The molecule has 0 bridgehead atoms. The number of hydrogen-bond acceptors (Lipinski definition) is 5. The van der Waals surface area contributed by atoms with E-state index >= 15 is 4.39 Å². The van der Waals surface area contributed by atoms with Gasteiger partial charge >= 0.3 is 5.97 Å². The monoisotopic (exact) mass is 374 g/mol. The first-order valence-electron chi connectivity index (χ1n) is 9.34. The van der Waals surface area contributed by atoms with Gasteiger partial charge in [0.25, 0.3) is 0 Å². The minimum Gasteiger partial charge on any atom is -0.465 e. The van der Waals surface area contributed by atoms with Crippen molar-refractivity contribution in [2.45, 2.75) is 44.8 Å². The number of nitrogens with zero attached hydrogens (tertiary/aromatic N) is 2. The summed E-state index contributed by atoms with van der Waals surface area (Å²) in [6, 6.07) is 1.34. The molecule has 0 saturated carbocycles. The number of rotatable bonds is 2. The van der Waals surface area contributed by atoms with Crippen molar-refractivity contribution < 1.29 is 19.0 Å². The Bertz CT molecular complexity index is 976. The summed E-state index contributed by atoms with van der Waals surface area (Å²) in [5, 5.41) is 9.98. The highest BCUT2D eigenvalue weighted by atomic mass is 19.1. The highest BCUT2D eigenvalue weighted by molar-refractivity contribution is 5.96. The first kappa shape index (κ1) is 18.0. The predicted octanol–water partition coefficient (Wildman–Crippen LogP) is 2.40. The van der Waals surface area contributed by atoms with Crippen LogP contribution in [0.4, 0.5) is 10.1 Å². The molecule has 3 heterocycles. The molecule has 0 amide bonds. The lowest BCUT2D eigenvalue weighted by Crippen LogP contribution is -2.37. The summed E-state index contributed by atoms with van der Waals surface area (Å²) < 4.78 is 21.8. The number of pyridine rings is 1. The van der Waals surface area contributed by atoms with Crippen LogP contribution in [0.2, 0.25) is 0 Å². The second-order valence-corrected chi connectivity index (χ2v) is 7.46. The standard InChI is InChI=1S/C20H23FN2O4/c1-11-3-4-13-17-14(19(25)15(10-23(11)17)20(26)27-2)9-16(21)18(13)22-7-5-12(24)6-8-22/h9-12,24H,3-8H2,1-2H3/t11-/m1/s1. The van der Waals surface area contributed by atoms with Crippen LogP contribution in [0, 0.1) is 5.82 Å². The van der Waals surface area contributed by atoms with Crippen LogP contribution in [0.5, 0.6) is 0 Å². The molecule has 1 atom stereocenters. The van der Waals surface area contributed by atoms with Gasteiger partial charge in [-0.15, -0.1) is 0 Å². The van der Waals surface area contributed by atoms with Gasteiger partial charge in [0.1, 0.15) is 11.4 Å². The van der Waals surface area contributed by atoms with Crippen LogP contribution in [0.1, 0.15) is 48.1 Å². The Morgan fingerprint density at radius 3 is 2.67 bits per heavy atom. The number of aryl methyl sites for hydroxylation is 1. The number of hydrogen-bond donors (Lipinski definition) is 1. The van der Waals surface area contributed by atoms with E-state index in [2.05, 4.69) is 0 Å². The van der Waals surface area contributed by atoms with E-state index in [0.717, 1.165) is 12.0 Å². The zero-order valence-corrected chi connectivity index (χ0v) is 15.5. The summed E-state index contributed by atoms with van der Waals surface area (Å²) in [5.41, 5.74) is 1.48. The summed E-state index contributed by atoms with van der Waals surface area (Å²) in [6.07, 6.45) is 3.86. The lowest BCUT2D eigenvalue weighted by atomic mass is 9.93. The highest BCUT2D eigenvalue weighted by Crippen LogP contribution is 2.38. The van der Waals surface area contributed by atoms with Gasteiger partial charge in [-0.2, -0.15) is 0 Å². The van der Waals surface area contributed by atoms with E-state index in [1.165, 1.54) is 13.2 Å². The predicted molar refractivity (Wildman–Crippen MR) is 100.0 cm³/mol. The van der Waals surface area contributed by atoms with Gasteiger partial charge in [-0.25, -0.2) is 9.18 Å². The van der Waals surface area contributed by atoms with Gasteiger partial charge in [-0.1, -0.05) is 0 Å². The van der Waals surface area contributed by atoms with Crippen LogP contribution in [0.3, 0.4) is 0 Å². The Hall–Kier alpha value is -2.41. The topological polar surface area (TPSA) is 71.8 Å². The second kappa shape index (κ2) is 6.64. The zero-order valence-electron chi connectivity index (χ0n) is 15.5.